The third kappa shape index (κ3) is 24.6. The number of carbonyl (C=O) groups excluding carboxylic acids is 5. The molecule has 114 heavy (non-hydrogen) atoms. The molecular formula is C83H54Br3Cl10F2N11O5. The highest BCUT2D eigenvalue weighted by Gasteiger charge is 2.28. The zero-order chi connectivity index (χ0) is 82.6. The van der Waals surface area contributed by atoms with Crippen molar-refractivity contribution in [3.8, 4) is 12.1 Å². The summed E-state index contributed by atoms with van der Waals surface area (Å²) in [5, 5.41) is 32.6. The van der Waals surface area contributed by atoms with Crippen molar-refractivity contribution >= 4 is 199 Å². The Balaban J connectivity index is 0.000000174. The molecule has 0 bridgehead atoms. The maximum atomic E-state index is 13.9. The van der Waals surface area contributed by atoms with E-state index in [9.17, 15) is 32.8 Å². The van der Waals surface area contributed by atoms with Crippen LogP contribution < -0.4 is 27.0 Å². The first-order chi connectivity index (χ1) is 54.4. The molecule has 3 aromatic heterocycles. The van der Waals surface area contributed by atoms with E-state index in [0.29, 0.717) is 80.1 Å². The summed E-state index contributed by atoms with van der Waals surface area (Å²) in [7, 11) is 0. The lowest BCUT2D eigenvalue weighted by atomic mass is 10.0. The van der Waals surface area contributed by atoms with Crippen LogP contribution in [0.5, 0.6) is 0 Å². The largest absolute Gasteiger partial charge is 0.383 e. The highest BCUT2D eigenvalue weighted by Crippen LogP contribution is 2.35. The third-order valence-electron chi connectivity index (χ3n) is 16.4. The third-order valence-corrected chi connectivity index (χ3v) is 21.2. The maximum absolute atomic E-state index is 13.9. The fourth-order valence-electron chi connectivity index (χ4n) is 10.6. The topological polar surface area (TPSA) is 258 Å². The summed E-state index contributed by atoms with van der Waals surface area (Å²) in [6.07, 6.45) is 4.92. The second-order valence-corrected chi connectivity index (χ2v) is 31.2. The van der Waals surface area contributed by atoms with Crippen LogP contribution in [0.1, 0.15) is 133 Å². The molecule has 0 spiro atoms. The Morgan fingerprint density at radius 3 is 1.17 bits per heavy atom. The number of nitriles is 2. The van der Waals surface area contributed by atoms with E-state index in [2.05, 4.69) is 95.1 Å². The summed E-state index contributed by atoms with van der Waals surface area (Å²) in [5.74, 6) is -3.94. The van der Waals surface area contributed by atoms with Crippen molar-refractivity contribution in [2.24, 2.45) is 10.7 Å². The number of aryl methyl sites for hydroxylation is 2. The number of pyridine rings is 3. The van der Waals surface area contributed by atoms with Crippen molar-refractivity contribution in [1.82, 2.24) is 36.2 Å². The standard InChI is InChI=1S/C22H15Cl3FN3O2.C21H14BrCl2N3O.C20H14BrCl3N2O.C20H11BrCl2FN3O/c23-15-8-14(9-16(24)11-15)21(30)28-19(13-6-7-18(26)17(25)10-13)22(31)29-20(27)12-4-2-1-3-5-12;1-12-8-14(2-3-15(12)11-25)21(28)27-20(19-10-16(22)6-7-26-19)13-4-5-17(23)18(24)9-13;1-11-8-13(3-4-15(11)22)20(27)26-19(18-10-14(21)6-7-25-18)12-2-5-16(23)17(24)9-12;21-14-5-6-26-18(9-14)19(11-3-4-15(22)16(23)7-11)27-20(28)12-1-2-13(10-25)17(24)8-12/h1-11,19H,(H,28,30)(H2,27,29,31);2-10,20H,1H3,(H,27,28);2-10,19H,1H3,(H,26,27);1-9,19H,(H,27,28)/t;20-;2*19-/m.000/s1. The average Bonchev–Trinajstić information content (AvgIpc) is 0.822. The molecule has 12 aromatic rings. The normalized spacial score (nSPS) is 11.8. The van der Waals surface area contributed by atoms with Crippen molar-refractivity contribution in [2.75, 3.05) is 0 Å². The van der Waals surface area contributed by atoms with Gasteiger partial charge in [-0.2, -0.15) is 15.5 Å². The average molecular weight is 1920 g/mol. The molecule has 3 heterocycles. The molecule has 1 unspecified atom stereocenters. The van der Waals surface area contributed by atoms with E-state index in [0.717, 1.165) is 47.8 Å². The van der Waals surface area contributed by atoms with Gasteiger partial charge in [-0.05, 0) is 205 Å². The zero-order valence-corrected chi connectivity index (χ0v) is 71.0. The number of amides is 5. The Morgan fingerprint density at radius 2 is 0.772 bits per heavy atom. The number of benzene rings is 9. The van der Waals surface area contributed by atoms with Crippen LogP contribution in [0.3, 0.4) is 0 Å². The zero-order valence-electron chi connectivity index (χ0n) is 58.7. The lowest BCUT2D eigenvalue weighted by Gasteiger charge is -2.20. The van der Waals surface area contributed by atoms with Gasteiger partial charge in [0.05, 0.1) is 87.6 Å². The fraction of sp³-hybridized carbons (Fsp3) is 0.0723. The molecule has 5 amide bonds. The number of carbonyl (C=O) groups is 5. The molecule has 0 fully saturated rings. The molecule has 16 nitrogen and oxygen atoms in total. The van der Waals surface area contributed by atoms with Gasteiger partial charge in [-0.15, -0.1) is 0 Å². The van der Waals surface area contributed by atoms with Crippen molar-refractivity contribution in [3.63, 3.8) is 0 Å². The Hall–Kier alpha value is -9.37. The number of aromatic nitrogens is 3. The quantitative estimate of drug-likeness (QED) is 0.0423. The van der Waals surface area contributed by atoms with Crippen LogP contribution in [0.4, 0.5) is 8.78 Å². The number of hydrogen-bond acceptors (Lipinski definition) is 10. The van der Waals surface area contributed by atoms with Gasteiger partial charge < -0.3 is 27.0 Å². The molecule has 576 valence electrons. The van der Waals surface area contributed by atoms with Gasteiger partial charge in [0.1, 0.15) is 29.6 Å². The van der Waals surface area contributed by atoms with Gasteiger partial charge in [-0.3, -0.25) is 38.9 Å². The molecule has 6 N–H and O–H groups in total. The van der Waals surface area contributed by atoms with Crippen molar-refractivity contribution in [2.45, 2.75) is 38.0 Å². The summed E-state index contributed by atoms with van der Waals surface area (Å²) < 4.78 is 30.0. The van der Waals surface area contributed by atoms with Crippen LogP contribution in [0.2, 0.25) is 50.2 Å². The minimum Gasteiger partial charge on any atom is -0.383 e. The lowest BCUT2D eigenvalue weighted by molar-refractivity contribution is -0.119. The van der Waals surface area contributed by atoms with Gasteiger partial charge in [0, 0.05) is 74.9 Å². The maximum Gasteiger partial charge on any atom is 0.274 e. The van der Waals surface area contributed by atoms with Crippen LogP contribution in [0.15, 0.2) is 249 Å². The highest BCUT2D eigenvalue weighted by molar-refractivity contribution is 9.11. The first-order valence-electron chi connectivity index (χ1n) is 33.1. The number of hydrogen-bond donors (Lipinski definition) is 5. The van der Waals surface area contributed by atoms with Crippen LogP contribution >= 0.6 is 164 Å². The van der Waals surface area contributed by atoms with Crippen LogP contribution in [-0.4, -0.2) is 50.3 Å². The van der Waals surface area contributed by atoms with Gasteiger partial charge in [-0.25, -0.2) is 8.78 Å². The number of nitrogens with two attached hydrogens (primary N) is 1. The van der Waals surface area contributed by atoms with E-state index < -0.39 is 53.5 Å². The Labute approximate surface area is 728 Å². The molecular weight excluding hydrogens is 1860 g/mol. The number of nitrogens with zero attached hydrogens (tertiary/aromatic N) is 6. The molecule has 0 saturated carbocycles. The van der Waals surface area contributed by atoms with E-state index in [1.807, 2.05) is 31.2 Å². The fourth-order valence-corrected chi connectivity index (χ4v) is 13.4. The van der Waals surface area contributed by atoms with Crippen molar-refractivity contribution in [3.05, 3.63) is 396 Å². The first kappa shape index (κ1) is 88.6. The Bertz CT molecular complexity index is 5580. The number of amidine groups is 1. The number of aliphatic imine (C=N–C) groups is 1. The second kappa shape index (κ2) is 41.8. The van der Waals surface area contributed by atoms with Gasteiger partial charge in [0.15, 0.2) is 0 Å². The number of halogens is 15. The molecule has 4 atom stereocenters. The smallest absolute Gasteiger partial charge is 0.274 e. The van der Waals surface area contributed by atoms with E-state index in [-0.39, 0.29) is 55.0 Å². The summed E-state index contributed by atoms with van der Waals surface area (Å²) in [5.41, 5.74) is 13.9. The molecule has 0 radical (unpaired) electrons. The molecule has 31 heteroatoms. The molecule has 9 aromatic carbocycles. The van der Waals surface area contributed by atoms with Crippen molar-refractivity contribution < 1.29 is 32.8 Å². The second-order valence-electron chi connectivity index (χ2n) is 24.3. The van der Waals surface area contributed by atoms with Gasteiger partial charge in [0.2, 0.25) is 0 Å². The minimum absolute atomic E-state index is 0.0381. The molecule has 0 aliphatic carbocycles. The SMILES string of the molecule is Cc1cc(C(=O)N[C@@H](c2ccc(Cl)c(Cl)c2)c2cc(Br)ccn2)ccc1C#N.Cc1cc(C(=O)N[C@@H](c2ccc(Cl)c(Cl)c2)c2cc(Br)ccn2)ccc1Cl.N#Cc1ccc(C(=O)N[C@@H](c2ccc(Cl)c(Cl)c2)c2cc(Br)ccn2)cc1F.NC(=NC(=O)C(NC(=O)c1cc(Cl)cc(Cl)c1)c1ccc(F)c(Cl)c1)c1ccccc1. The predicted molar refractivity (Wildman–Crippen MR) is 457 cm³/mol. The van der Waals surface area contributed by atoms with Gasteiger partial charge in [0.25, 0.3) is 29.5 Å². The van der Waals surface area contributed by atoms with Crippen LogP contribution in [0.25, 0.3) is 0 Å². The van der Waals surface area contributed by atoms with E-state index >= 15 is 0 Å². The summed E-state index contributed by atoms with van der Waals surface area (Å²) in [6, 6.07) is 57.4. The molecule has 0 aliphatic heterocycles. The Kier molecular flexibility index (Phi) is 32.5. The highest BCUT2D eigenvalue weighted by atomic mass is 79.9. The number of nitrogens with one attached hydrogen (secondary N) is 4. The number of rotatable bonds is 17. The monoisotopic (exact) mass is 1910 g/mol. The Morgan fingerprint density at radius 1 is 0.386 bits per heavy atom. The molecule has 12 rings (SSSR count). The minimum atomic E-state index is -1.29. The summed E-state index contributed by atoms with van der Waals surface area (Å²) in [4.78, 5) is 81.2. The predicted octanol–water partition coefficient (Wildman–Crippen LogP) is 23.4. The van der Waals surface area contributed by atoms with Crippen LogP contribution in [0, 0.1) is 48.1 Å². The van der Waals surface area contributed by atoms with Crippen LogP contribution in [-0.2, 0) is 4.79 Å². The first-order valence-corrected chi connectivity index (χ1v) is 39.3. The van der Waals surface area contributed by atoms with E-state index in [1.54, 1.807) is 165 Å². The molecule has 0 saturated heterocycles. The van der Waals surface area contributed by atoms with Crippen molar-refractivity contribution in [1.29, 1.82) is 10.5 Å². The summed E-state index contributed by atoms with van der Waals surface area (Å²) in [6.45, 7) is 3.65. The lowest BCUT2D eigenvalue weighted by Crippen LogP contribution is -2.34. The van der Waals surface area contributed by atoms with Gasteiger partial charge in [-0.1, -0.05) is 218 Å². The summed E-state index contributed by atoms with van der Waals surface area (Å²) >= 11 is 70.7. The van der Waals surface area contributed by atoms with Gasteiger partial charge >= 0.3 is 0 Å². The van der Waals surface area contributed by atoms with E-state index in [4.69, 9.17) is 132 Å². The molecule has 0 aliphatic rings. The van der Waals surface area contributed by atoms with E-state index in [1.165, 1.54) is 42.5 Å².